The molecule has 1 heterocycles. The Bertz CT molecular complexity index is 716. The lowest BCUT2D eigenvalue weighted by atomic mass is 9.99. The Labute approximate surface area is 139 Å². The van der Waals surface area contributed by atoms with E-state index in [1.807, 2.05) is 6.07 Å². The molecule has 3 N–H and O–H groups in total. The highest BCUT2D eigenvalue weighted by Gasteiger charge is 2.17. The molecule has 0 saturated carbocycles. The molecule has 23 heavy (non-hydrogen) atoms. The van der Waals surface area contributed by atoms with Crippen molar-refractivity contribution in [2.75, 3.05) is 17.7 Å². The van der Waals surface area contributed by atoms with Crippen LogP contribution in [0.2, 0.25) is 0 Å². The summed E-state index contributed by atoms with van der Waals surface area (Å²) in [6.07, 6.45) is 4.57. The maximum Gasteiger partial charge on any atom is 0.318 e. The first-order valence-corrected chi connectivity index (χ1v) is 8.49. The van der Waals surface area contributed by atoms with Gasteiger partial charge < -0.3 is 16.0 Å². The second kappa shape index (κ2) is 6.83. The molecule has 2 aromatic rings. The van der Waals surface area contributed by atoms with Crippen LogP contribution in [0.15, 0.2) is 30.3 Å². The van der Waals surface area contributed by atoms with Crippen molar-refractivity contribution in [3.05, 3.63) is 45.6 Å². The van der Waals surface area contributed by atoms with Gasteiger partial charge in [-0.3, -0.25) is 4.79 Å². The number of carbonyl (C=O) groups is 2. The summed E-state index contributed by atoms with van der Waals surface area (Å²) in [6, 6.07) is 8.83. The highest BCUT2D eigenvalue weighted by molar-refractivity contribution is 7.14. The Hall–Kier alpha value is -2.34. The summed E-state index contributed by atoms with van der Waals surface area (Å²) < 4.78 is 0. The Morgan fingerprint density at radius 1 is 1.04 bits per heavy atom. The highest BCUT2D eigenvalue weighted by Crippen LogP contribution is 2.30. The van der Waals surface area contributed by atoms with E-state index in [2.05, 4.69) is 16.0 Å². The van der Waals surface area contributed by atoms with Crippen LogP contribution in [0.25, 0.3) is 0 Å². The molecule has 120 valence electrons. The molecule has 5 nitrogen and oxygen atoms in total. The molecule has 0 radical (unpaired) electrons. The van der Waals surface area contributed by atoms with E-state index in [4.69, 9.17) is 0 Å². The molecule has 0 bridgehead atoms. The maximum atomic E-state index is 12.4. The van der Waals surface area contributed by atoms with Crippen molar-refractivity contribution in [3.63, 3.8) is 0 Å². The van der Waals surface area contributed by atoms with Crippen LogP contribution in [0.1, 0.15) is 33.0 Å². The van der Waals surface area contributed by atoms with Gasteiger partial charge in [-0.1, -0.05) is 6.07 Å². The van der Waals surface area contributed by atoms with Gasteiger partial charge in [-0.05, 0) is 55.5 Å². The molecule has 0 aliphatic heterocycles. The Morgan fingerprint density at radius 2 is 1.78 bits per heavy atom. The van der Waals surface area contributed by atoms with E-state index in [9.17, 15) is 9.59 Å². The number of rotatable bonds is 3. The SMILES string of the molecule is CNC(=O)Nc1cccc(NC(=O)c2cc3c(s2)CCCC3)c1. The normalized spacial score (nSPS) is 13.1. The molecule has 1 aliphatic rings. The number of carbonyl (C=O) groups excluding carboxylic acids is 2. The minimum atomic E-state index is -0.292. The first-order chi connectivity index (χ1) is 11.2. The number of hydrogen-bond donors (Lipinski definition) is 3. The van der Waals surface area contributed by atoms with Gasteiger partial charge in [-0.15, -0.1) is 11.3 Å². The van der Waals surface area contributed by atoms with Gasteiger partial charge >= 0.3 is 6.03 Å². The third-order valence-corrected chi connectivity index (χ3v) is 5.06. The summed E-state index contributed by atoms with van der Waals surface area (Å²) in [6.45, 7) is 0. The average Bonchev–Trinajstić information content (AvgIpc) is 2.99. The first-order valence-electron chi connectivity index (χ1n) is 7.67. The largest absolute Gasteiger partial charge is 0.341 e. The number of urea groups is 1. The molecule has 0 fully saturated rings. The molecule has 6 heteroatoms. The first kappa shape index (κ1) is 15.6. The molecule has 0 saturated heterocycles. The number of fused-ring (bicyclic) bond motifs is 1. The van der Waals surface area contributed by atoms with Crippen molar-refractivity contribution in [2.24, 2.45) is 0 Å². The van der Waals surface area contributed by atoms with Gasteiger partial charge in [-0.25, -0.2) is 4.79 Å². The molecule has 1 aromatic carbocycles. The van der Waals surface area contributed by atoms with Crippen LogP contribution in [0.5, 0.6) is 0 Å². The molecule has 1 aromatic heterocycles. The van der Waals surface area contributed by atoms with Crippen LogP contribution >= 0.6 is 11.3 Å². The summed E-state index contributed by atoms with van der Waals surface area (Å²) in [5, 5.41) is 8.08. The van der Waals surface area contributed by atoms with Gasteiger partial charge in [0.2, 0.25) is 0 Å². The molecule has 3 amide bonds. The van der Waals surface area contributed by atoms with Crippen molar-refractivity contribution in [3.8, 4) is 0 Å². The molecule has 3 rings (SSSR count). The van der Waals surface area contributed by atoms with Gasteiger partial charge in [-0.2, -0.15) is 0 Å². The van der Waals surface area contributed by atoms with Crippen molar-refractivity contribution in [2.45, 2.75) is 25.7 Å². The van der Waals surface area contributed by atoms with Gasteiger partial charge in [0.1, 0.15) is 0 Å². The monoisotopic (exact) mass is 329 g/mol. The van der Waals surface area contributed by atoms with Crippen LogP contribution in [0, 0.1) is 0 Å². The number of hydrogen-bond acceptors (Lipinski definition) is 3. The van der Waals surface area contributed by atoms with Gasteiger partial charge in [0, 0.05) is 23.3 Å². The van der Waals surface area contributed by atoms with Gasteiger partial charge in [0.15, 0.2) is 0 Å². The van der Waals surface area contributed by atoms with Crippen molar-refractivity contribution >= 4 is 34.6 Å². The number of benzene rings is 1. The fourth-order valence-electron chi connectivity index (χ4n) is 2.66. The lowest BCUT2D eigenvalue weighted by Gasteiger charge is -2.08. The lowest BCUT2D eigenvalue weighted by Crippen LogP contribution is -2.24. The maximum absolute atomic E-state index is 12.4. The van der Waals surface area contributed by atoms with Crippen molar-refractivity contribution in [1.82, 2.24) is 5.32 Å². The average molecular weight is 329 g/mol. The van der Waals surface area contributed by atoms with Crippen LogP contribution in [-0.4, -0.2) is 19.0 Å². The minimum absolute atomic E-state index is 0.0958. The Morgan fingerprint density at radius 3 is 2.52 bits per heavy atom. The van der Waals surface area contributed by atoms with E-state index in [0.717, 1.165) is 17.7 Å². The van der Waals surface area contributed by atoms with Crippen LogP contribution in [0.4, 0.5) is 16.2 Å². The predicted molar refractivity (Wildman–Crippen MR) is 93.4 cm³/mol. The van der Waals surface area contributed by atoms with Crippen LogP contribution in [-0.2, 0) is 12.8 Å². The summed E-state index contributed by atoms with van der Waals surface area (Å²) in [7, 11) is 1.56. The van der Waals surface area contributed by atoms with Crippen LogP contribution < -0.4 is 16.0 Å². The molecular weight excluding hydrogens is 310 g/mol. The Balaban J connectivity index is 1.71. The van der Waals surface area contributed by atoms with Crippen molar-refractivity contribution in [1.29, 1.82) is 0 Å². The molecular formula is C17H19N3O2S. The zero-order valence-electron chi connectivity index (χ0n) is 12.9. The number of anilines is 2. The van der Waals surface area contributed by atoms with E-state index < -0.39 is 0 Å². The number of aryl methyl sites for hydroxylation is 2. The lowest BCUT2D eigenvalue weighted by molar-refractivity contribution is 0.103. The van der Waals surface area contributed by atoms with E-state index in [0.29, 0.717) is 11.4 Å². The predicted octanol–water partition coefficient (Wildman–Crippen LogP) is 3.63. The summed E-state index contributed by atoms with van der Waals surface area (Å²) in [5.74, 6) is -0.0958. The fourth-order valence-corrected chi connectivity index (χ4v) is 3.81. The number of nitrogens with one attached hydrogen (secondary N) is 3. The highest BCUT2D eigenvalue weighted by atomic mass is 32.1. The van der Waals surface area contributed by atoms with Gasteiger partial charge in [0.25, 0.3) is 5.91 Å². The summed E-state index contributed by atoms with van der Waals surface area (Å²) in [5.41, 5.74) is 2.62. The van der Waals surface area contributed by atoms with E-state index in [1.165, 1.54) is 23.3 Å². The molecule has 1 aliphatic carbocycles. The number of amides is 3. The standard InChI is InChI=1S/C17H19N3O2S/c1-18-17(22)20-13-7-4-6-12(10-13)19-16(21)15-9-11-5-2-3-8-14(11)23-15/h4,6-7,9-10H,2-3,5,8H2,1H3,(H,19,21)(H2,18,20,22). The second-order valence-corrected chi connectivity index (χ2v) is 6.64. The molecule has 0 unspecified atom stereocenters. The summed E-state index contributed by atoms with van der Waals surface area (Å²) in [4.78, 5) is 25.9. The summed E-state index contributed by atoms with van der Waals surface area (Å²) >= 11 is 1.59. The third-order valence-electron chi connectivity index (χ3n) is 3.83. The zero-order valence-corrected chi connectivity index (χ0v) is 13.8. The van der Waals surface area contributed by atoms with E-state index in [1.54, 1.807) is 42.6 Å². The Kier molecular flexibility index (Phi) is 4.62. The quantitative estimate of drug-likeness (QED) is 0.805. The topological polar surface area (TPSA) is 70.2 Å². The van der Waals surface area contributed by atoms with E-state index in [-0.39, 0.29) is 11.9 Å². The molecule has 0 spiro atoms. The smallest absolute Gasteiger partial charge is 0.318 e. The zero-order chi connectivity index (χ0) is 16.2. The van der Waals surface area contributed by atoms with Crippen LogP contribution in [0.3, 0.4) is 0 Å². The van der Waals surface area contributed by atoms with Gasteiger partial charge in [0.05, 0.1) is 4.88 Å². The second-order valence-electron chi connectivity index (χ2n) is 5.51. The minimum Gasteiger partial charge on any atom is -0.341 e. The van der Waals surface area contributed by atoms with Crippen molar-refractivity contribution < 1.29 is 9.59 Å². The van der Waals surface area contributed by atoms with E-state index >= 15 is 0 Å². The number of thiophene rings is 1. The fraction of sp³-hybridized carbons (Fsp3) is 0.294. The molecule has 0 atom stereocenters. The third kappa shape index (κ3) is 3.71.